The second-order valence-corrected chi connectivity index (χ2v) is 6.88. The molecule has 0 aromatic heterocycles. The molecule has 2 N–H and O–H groups in total. The number of hydrogen-bond acceptors (Lipinski definition) is 4. The first kappa shape index (κ1) is 13.8. The maximum Gasteiger partial charge on any atom is 0.0546 e. The first-order valence-corrected chi connectivity index (χ1v) is 7.94. The predicted octanol–water partition coefficient (Wildman–Crippen LogP) is 0.849. The third-order valence-electron chi connectivity index (χ3n) is 4.93. The van der Waals surface area contributed by atoms with E-state index in [1.165, 1.54) is 25.7 Å². The van der Waals surface area contributed by atoms with Gasteiger partial charge in [-0.05, 0) is 44.6 Å². The van der Waals surface area contributed by atoms with Crippen molar-refractivity contribution >= 4 is 0 Å². The fraction of sp³-hybridized carbons (Fsp3) is 1.00. The van der Waals surface area contributed by atoms with E-state index in [0.29, 0.717) is 17.9 Å². The molecule has 2 heterocycles. The number of ether oxygens (including phenoxy) is 1. The van der Waals surface area contributed by atoms with Gasteiger partial charge in [-0.3, -0.25) is 0 Å². The van der Waals surface area contributed by atoms with Gasteiger partial charge in [-0.1, -0.05) is 0 Å². The van der Waals surface area contributed by atoms with Crippen LogP contribution in [-0.2, 0) is 4.74 Å². The van der Waals surface area contributed by atoms with Gasteiger partial charge in [0.15, 0.2) is 0 Å². The van der Waals surface area contributed by atoms with E-state index >= 15 is 0 Å². The first-order chi connectivity index (χ1) is 9.30. The smallest absolute Gasteiger partial charge is 0.0546 e. The largest absolute Gasteiger partial charge is 0.396 e. The highest BCUT2D eigenvalue weighted by molar-refractivity contribution is 4.92. The number of nitrogens with zero attached hydrogens (tertiary/aromatic N) is 1. The average Bonchev–Trinajstić information content (AvgIpc) is 3.17. The van der Waals surface area contributed by atoms with Gasteiger partial charge in [-0.25, -0.2) is 0 Å². The maximum atomic E-state index is 9.27. The molecule has 0 bridgehead atoms. The van der Waals surface area contributed by atoms with E-state index in [9.17, 15) is 5.11 Å². The molecular formula is C15H28N2O2. The summed E-state index contributed by atoms with van der Waals surface area (Å²) in [7, 11) is 0. The molecule has 3 aliphatic rings. The van der Waals surface area contributed by atoms with E-state index in [4.69, 9.17) is 4.74 Å². The first-order valence-electron chi connectivity index (χ1n) is 7.94. The lowest BCUT2D eigenvalue weighted by Gasteiger charge is -2.40. The van der Waals surface area contributed by atoms with Crippen LogP contribution in [0.4, 0.5) is 0 Å². The summed E-state index contributed by atoms with van der Waals surface area (Å²) in [6, 6.07) is 0.780. The van der Waals surface area contributed by atoms with Gasteiger partial charge in [-0.15, -0.1) is 0 Å². The normalized spacial score (nSPS) is 36.8. The van der Waals surface area contributed by atoms with Crippen molar-refractivity contribution in [3.63, 3.8) is 0 Å². The minimum Gasteiger partial charge on any atom is -0.396 e. The Morgan fingerprint density at radius 2 is 2.21 bits per heavy atom. The Labute approximate surface area is 116 Å². The number of aliphatic hydroxyl groups is 1. The zero-order valence-corrected chi connectivity index (χ0v) is 11.9. The SMILES string of the molecule is OCC1CCN(CC2(CNC3CC3)CCCOC2)C1. The van der Waals surface area contributed by atoms with Crippen LogP contribution in [0.15, 0.2) is 0 Å². The Morgan fingerprint density at radius 3 is 2.84 bits per heavy atom. The standard InChI is InChI=1S/C15H28N2O2/c18-9-13-4-6-17(8-13)11-15(5-1-7-19-12-15)10-16-14-2-3-14/h13-14,16,18H,1-12H2. The second kappa shape index (κ2) is 6.08. The summed E-state index contributed by atoms with van der Waals surface area (Å²) < 4.78 is 5.79. The summed E-state index contributed by atoms with van der Waals surface area (Å²) in [5.41, 5.74) is 0.311. The third kappa shape index (κ3) is 3.69. The Bertz CT molecular complexity index is 288. The predicted molar refractivity (Wildman–Crippen MR) is 75.1 cm³/mol. The number of likely N-dealkylation sites (tertiary alicyclic amines) is 1. The van der Waals surface area contributed by atoms with E-state index in [-0.39, 0.29) is 0 Å². The molecule has 110 valence electrons. The molecule has 0 amide bonds. The molecule has 0 aromatic rings. The quantitative estimate of drug-likeness (QED) is 0.750. The highest BCUT2D eigenvalue weighted by atomic mass is 16.5. The summed E-state index contributed by atoms with van der Waals surface area (Å²) >= 11 is 0. The van der Waals surface area contributed by atoms with Crippen LogP contribution in [0.25, 0.3) is 0 Å². The third-order valence-corrected chi connectivity index (χ3v) is 4.93. The van der Waals surface area contributed by atoms with Crippen LogP contribution in [0.2, 0.25) is 0 Å². The number of nitrogens with one attached hydrogen (secondary N) is 1. The van der Waals surface area contributed by atoms with E-state index in [2.05, 4.69) is 10.2 Å². The van der Waals surface area contributed by atoms with Gasteiger partial charge < -0.3 is 20.1 Å². The Kier molecular flexibility index (Phi) is 4.42. The van der Waals surface area contributed by atoms with Crippen molar-refractivity contribution in [2.45, 2.75) is 38.1 Å². The van der Waals surface area contributed by atoms with Gasteiger partial charge in [0.1, 0.15) is 0 Å². The molecule has 2 aliphatic heterocycles. The van der Waals surface area contributed by atoms with Crippen LogP contribution in [0.1, 0.15) is 32.1 Å². The minimum absolute atomic E-state index is 0.311. The van der Waals surface area contributed by atoms with E-state index in [1.54, 1.807) is 0 Å². The molecule has 3 rings (SSSR count). The summed E-state index contributed by atoms with van der Waals surface area (Å²) in [6.07, 6.45) is 6.35. The average molecular weight is 268 g/mol. The van der Waals surface area contributed by atoms with Crippen LogP contribution >= 0.6 is 0 Å². The molecule has 2 saturated heterocycles. The van der Waals surface area contributed by atoms with Gasteiger partial charge in [-0.2, -0.15) is 0 Å². The Balaban J connectivity index is 1.54. The molecule has 2 atom stereocenters. The summed E-state index contributed by atoms with van der Waals surface area (Å²) in [4.78, 5) is 2.55. The number of rotatable bonds is 6. The van der Waals surface area contributed by atoms with Crippen LogP contribution in [-0.4, -0.2) is 62.0 Å². The van der Waals surface area contributed by atoms with Crippen molar-refractivity contribution in [2.24, 2.45) is 11.3 Å². The maximum absolute atomic E-state index is 9.27. The lowest BCUT2D eigenvalue weighted by molar-refractivity contribution is -0.0239. The summed E-state index contributed by atoms with van der Waals surface area (Å²) in [5, 5.41) is 13.0. The number of aliphatic hydroxyl groups excluding tert-OH is 1. The van der Waals surface area contributed by atoms with E-state index < -0.39 is 0 Å². The van der Waals surface area contributed by atoms with Crippen LogP contribution in [0.3, 0.4) is 0 Å². The van der Waals surface area contributed by atoms with Gasteiger partial charge in [0, 0.05) is 44.3 Å². The van der Waals surface area contributed by atoms with Gasteiger partial charge >= 0.3 is 0 Å². The second-order valence-electron chi connectivity index (χ2n) is 6.88. The molecule has 4 heteroatoms. The van der Waals surface area contributed by atoms with Crippen molar-refractivity contribution in [1.29, 1.82) is 0 Å². The summed E-state index contributed by atoms with van der Waals surface area (Å²) in [5.74, 6) is 0.498. The summed E-state index contributed by atoms with van der Waals surface area (Å²) in [6.45, 7) is 6.66. The highest BCUT2D eigenvalue weighted by Gasteiger charge is 2.37. The minimum atomic E-state index is 0.311. The van der Waals surface area contributed by atoms with Crippen molar-refractivity contribution < 1.29 is 9.84 Å². The van der Waals surface area contributed by atoms with E-state index in [1.807, 2.05) is 0 Å². The van der Waals surface area contributed by atoms with Crippen molar-refractivity contribution in [3.05, 3.63) is 0 Å². The Hall–Kier alpha value is -0.160. The molecule has 0 radical (unpaired) electrons. The molecule has 1 saturated carbocycles. The fourth-order valence-corrected chi connectivity index (χ4v) is 3.56. The highest BCUT2D eigenvalue weighted by Crippen LogP contribution is 2.32. The molecule has 19 heavy (non-hydrogen) atoms. The van der Waals surface area contributed by atoms with Gasteiger partial charge in [0.2, 0.25) is 0 Å². The molecule has 0 aromatic carbocycles. The zero-order valence-electron chi connectivity index (χ0n) is 11.9. The molecule has 2 unspecified atom stereocenters. The van der Waals surface area contributed by atoms with Crippen molar-refractivity contribution in [2.75, 3.05) is 46.0 Å². The monoisotopic (exact) mass is 268 g/mol. The fourth-order valence-electron chi connectivity index (χ4n) is 3.56. The lowest BCUT2D eigenvalue weighted by atomic mass is 9.81. The van der Waals surface area contributed by atoms with Crippen LogP contribution in [0, 0.1) is 11.3 Å². The van der Waals surface area contributed by atoms with Gasteiger partial charge in [0.25, 0.3) is 0 Å². The molecule has 4 nitrogen and oxygen atoms in total. The molecular weight excluding hydrogens is 240 g/mol. The molecule has 3 fully saturated rings. The Morgan fingerprint density at radius 1 is 1.32 bits per heavy atom. The van der Waals surface area contributed by atoms with E-state index in [0.717, 1.165) is 51.9 Å². The molecule has 1 aliphatic carbocycles. The van der Waals surface area contributed by atoms with Crippen molar-refractivity contribution in [1.82, 2.24) is 10.2 Å². The van der Waals surface area contributed by atoms with Crippen molar-refractivity contribution in [3.8, 4) is 0 Å². The van der Waals surface area contributed by atoms with Crippen LogP contribution < -0.4 is 5.32 Å². The van der Waals surface area contributed by atoms with Crippen LogP contribution in [0.5, 0.6) is 0 Å². The zero-order chi connectivity index (χ0) is 13.1. The van der Waals surface area contributed by atoms with Gasteiger partial charge in [0.05, 0.1) is 6.61 Å². The number of hydrogen-bond donors (Lipinski definition) is 2. The topological polar surface area (TPSA) is 44.7 Å². The molecule has 0 spiro atoms. The lowest BCUT2D eigenvalue weighted by Crippen LogP contribution is -2.49.